The van der Waals surface area contributed by atoms with Gasteiger partial charge in [0.25, 0.3) is 0 Å². The second kappa shape index (κ2) is 7.32. The van der Waals surface area contributed by atoms with E-state index in [1.165, 1.54) is 12.4 Å². The largest absolute Gasteiger partial charge is 0.463 e. The molecule has 0 fully saturated rings. The summed E-state index contributed by atoms with van der Waals surface area (Å²) in [5.74, 6) is -0.203. The van der Waals surface area contributed by atoms with E-state index in [9.17, 15) is 9.59 Å². The number of ether oxygens (including phenoxy) is 1. The summed E-state index contributed by atoms with van der Waals surface area (Å²) in [4.78, 5) is 29.8. The number of halogens is 1. The summed E-state index contributed by atoms with van der Waals surface area (Å²) in [7, 11) is 0. The summed E-state index contributed by atoms with van der Waals surface area (Å²) < 4.78 is 12.1. The summed E-state index contributed by atoms with van der Waals surface area (Å²) in [6.45, 7) is 1.96. The van der Waals surface area contributed by atoms with E-state index in [-0.39, 0.29) is 18.0 Å². The van der Waals surface area contributed by atoms with Crippen LogP contribution in [-0.2, 0) is 4.74 Å². The summed E-state index contributed by atoms with van der Waals surface area (Å²) in [6.07, 6.45) is 3.04. The molecule has 0 amide bonds. The Bertz CT molecular complexity index is 1160. The third-order valence-corrected chi connectivity index (χ3v) is 4.52. The second-order valence-corrected chi connectivity index (χ2v) is 6.44. The first kappa shape index (κ1) is 18.0. The number of ketones is 1. The van der Waals surface area contributed by atoms with Gasteiger partial charge in [0.05, 0.1) is 29.6 Å². The number of hydrogen-bond donors (Lipinski definition) is 0. The van der Waals surface area contributed by atoms with Gasteiger partial charge in [-0.05, 0) is 55.5 Å². The van der Waals surface area contributed by atoms with Gasteiger partial charge in [0, 0.05) is 10.6 Å². The van der Waals surface area contributed by atoms with E-state index in [2.05, 4.69) is 4.98 Å². The first-order valence-corrected chi connectivity index (χ1v) is 8.98. The molecule has 4 aromatic rings. The fourth-order valence-electron chi connectivity index (χ4n) is 2.95. The van der Waals surface area contributed by atoms with Gasteiger partial charge in [-0.25, -0.2) is 9.78 Å². The Kier molecular flexibility index (Phi) is 4.71. The average molecular weight is 395 g/mol. The lowest BCUT2D eigenvalue weighted by atomic mass is 10.1. The van der Waals surface area contributed by atoms with E-state index >= 15 is 0 Å². The number of carbonyl (C=O) groups excluding carboxylic acids is 2. The first-order chi connectivity index (χ1) is 13.6. The lowest BCUT2D eigenvalue weighted by Gasteiger charge is -2.04. The summed E-state index contributed by atoms with van der Waals surface area (Å²) in [5, 5.41) is 0.536. The summed E-state index contributed by atoms with van der Waals surface area (Å²) >= 11 is 5.91. The molecule has 0 aliphatic carbocycles. The molecule has 1 aromatic carbocycles. The number of hydrogen-bond acceptors (Lipinski definition) is 5. The molecule has 0 aliphatic heterocycles. The van der Waals surface area contributed by atoms with Gasteiger partial charge < -0.3 is 9.15 Å². The molecule has 0 atom stereocenters. The molecule has 0 aliphatic rings. The van der Waals surface area contributed by atoms with Gasteiger partial charge in [0.1, 0.15) is 12.0 Å². The number of fused-ring (bicyclic) bond motifs is 1. The molecular formula is C21H15ClN2O4. The van der Waals surface area contributed by atoms with Crippen molar-refractivity contribution >= 4 is 28.9 Å². The Hall–Kier alpha value is -3.38. The van der Waals surface area contributed by atoms with Crippen molar-refractivity contribution in [2.24, 2.45) is 0 Å². The van der Waals surface area contributed by atoms with Crippen LogP contribution in [0, 0.1) is 0 Å². The Balaban J connectivity index is 1.88. The van der Waals surface area contributed by atoms with Gasteiger partial charge >= 0.3 is 5.97 Å². The number of nitrogens with zero attached hydrogens (tertiary/aromatic N) is 2. The fourth-order valence-corrected chi connectivity index (χ4v) is 3.08. The third-order valence-electron chi connectivity index (χ3n) is 4.27. The van der Waals surface area contributed by atoms with E-state index < -0.39 is 5.97 Å². The summed E-state index contributed by atoms with van der Waals surface area (Å²) in [5.41, 5.74) is 2.10. The minimum Gasteiger partial charge on any atom is -0.463 e. The van der Waals surface area contributed by atoms with Crippen LogP contribution < -0.4 is 0 Å². The molecule has 6 nitrogen and oxygen atoms in total. The second-order valence-electron chi connectivity index (χ2n) is 6.01. The number of carbonyl (C=O) groups is 2. The van der Waals surface area contributed by atoms with E-state index in [0.717, 1.165) is 0 Å². The van der Waals surface area contributed by atoms with Gasteiger partial charge in [-0.1, -0.05) is 11.6 Å². The third kappa shape index (κ3) is 3.18. The normalized spacial score (nSPS) is 10.9. The monoisotopic (exact) mass is 394 g/mol. The maximum absolute atomic E-state index is 13.0. The quantitative estimate of drug-likeness (QED) is 0.363. The molecule has 3 heterocycles. The number of benzene rings is 1. The number of esters is 1. The number of rotatable bonds is 5. The van der Waals surface area contributed by atoms with Crippen LogP contribution >= 0.6 is 11.6 Å². The Labute approximate surface area is 165 Å². The molecule has 28 heavy (non-hydrogen) atoms. The Morgan fingerprint density at radius 2 is 1.96 bits per heavy atom. The highest BCUT2D eigenvalue weighted by Crippen LogP contribution is 2.25. The van der Waals surface area contributed by atoms with Crippen molar-refractivity contribution in [3.05, 3.63) is 83.0 Å². The Morgan fingerprint density at radius 3 is 2.64 bits per heavy atom. The van der Waals surface area contributed by atoms with Crippen molar-refractivity contribution in [3.8, 4) is 11.5 Å². The van der Waals surface area contributed by atoms with Crippen LogP contribution in [0.2, 0.25) is 5.02 Å². The molecule has 4 rings (SSSR count). The van der Waals surface area contributed by atoms with Gasteiger partial charge in [-0.3, -0.25) is 9.20 Å². The van der Waals surface area contributed by atoms with Gasteiger partial charge in [-0.15, -0.1) is 0 Å². The van der Waals surface area contributed by atoms with Crippen molar-refractivity contribution in [1.29, 1.82) is 0 Å². The molecule has 140 valence electrons. The minimum absolute atomic E-state index is 0.229. The number of furan rings is 1. The van der Waals surface area contributed by atoms with Gasteiger partial charge in [0.15, 0.2) is 5.76 Å². The van der Waals surface area contributed by atoms with Crippen LogP contribution in [0.15, 0.2) is 65.5 Å². The zero-order valence-electron chi connectivity index (χ0n) is 14.9. The first-order valence-electron chi connectivity index (χ1n) is 8.61. The Morgan fingerprint density at radius 1 is 1.18 bits per heavy atom. The average Bonchev–Trinajstić information content (AvgIpc) is 3.36. The maximum atomic E-state index is 13.0. The zero-order chi connectivity index (χ0) is 19.7. The highest BCUT2D eigenvalue weighted by atomic mass is 35.5. The van der Waals surface area contributed by atoms with Crippen molar-refractivity contribution in [2.75, 3.05) is 6.61 Å². The predicted molar refractivity (Wildman–Crippen MR) is 104 cm³/mol. The zero-order valence-corrected chi connectivity index (χ0v) is 15.6. The SMILES string of the molecule is CCOC(=O)c1cc(C(=O)c2ccc(Cl)cc2)n2cnc(-c3ccco3)cc12. The van der Waals surface area contributed by atoms with Crippen LogP contribution in [0.3, 0.4) is 0 Å². The molecule has 7 heteroatoms. The van der Waals surface area contributed by atoms with Crippen LogP contribution in [0.25, 0.3) is 17.0 Å². The van der Waals surface area contributed by atoms with Crippen LogP contribution in [0.5, 0.6) is 0 Å². The predicted octanol–water partition coefficient (Wildman–Crippen LogP) is 4.66. The van der Waals surface area contributed by atoms with Crippen molar-refractivity contribution in [1.82, 2.24) is 9.38 Å². The molecule has 0 saturated carbocycles. The maximum Gasteiger partial charge on any atom is 0.340 e. The van der Waals surface area contributed by atoms with E-state index in [1.807, 2.05) is 0 Å². The molecule has 0 bridgehead atoms. The standard InChI is InChI=1S/C21H15ClN2O4/c1-2-27-21(26)15-10-18(20(25)13-5-7-14(22)8-6-13)24-12-23-16(11-17(15)24)19-4-3-9-28-19/h3-12H,2H2,1H3. The molecule has 0 unspecified atom stereocenters. The van der Waals surface area contributed by atoms with E-state index in [4.69, 9.17) is 20.8 Å². The molecule has 0 N–H and O–H groups in total. The summed E-state index contributed by atoms with van der Waals surface area (Å²) in [6, 6.07) is 13.3. The lowest BCUT2D eigenvalue weighted by molar-refractivity contribution is 0.0529. The number of aromatic nitrogens is 2. The smallest absolute Gasteiger partial charge is 0.340 e. The minimum atomic E-state index is -0.508. The molecule has 0 spiro atoms. The van der Waals surface area contributed by atoms with Crippen molar-refractivity contribution in [3.63, 3.8) is 0 Å². The molecule has 3 aromatic heterocycles. The van der Waals surface area contributed by atoms with Crippen LogP contribution in [0.4, 0.5) is 0 Å². The van der Waals surface area contributed by atoms with E-state index in [0.29, 0.717) is 33.3 Å². The van der Waals surface area contributed by atoms with Gasteiger partial charge in [-0.2, -0.15) is 0 Å². The highest BCUT2D eigenvalue weighted by molar-refractivity contribution is 6.30. The molecule has 0 saturated heterocycles. The topological polar surface area (TPSA) is 73.8 Å². The van der Waals surface area contributed by atoms with Crippen molar-refractivity contribution < 1.29 is 18.7 Å². The van der Waals surface area contributed by atoms with Crippen LogP contribution in [-0.4, -0.2) is 27.7 Å². The van der Waals surface area contributed by atoms with Crippen LogP contribution in [0.1, 0.15) is 33.3 Å². The molecule has 0 radical (unpaired) electrons. The molecular weight excluding hydrogens is 380 g/mol. The highest BCUT2D eigenvalue weighted by Gasteiger charge is 2.22. The fraction of sp³-hybridized carbons (Fsp3) is 0.0952. The van der Waals surface area contributed by atoms with E-state index in [1.54, 1.807) is 60.1 Å². The lowest BCUT2D eigenvalue weighted by Crippen LogP contribution is -2.05. The van der Waals surface area contributed by atoms with Crippen molar-refractivity contribution in [2.45, 2.75) is 6.92 Å². The van der Waals surface area contributed by atoms with Gasteiger partial charge in [0.2, 0.25) is 5.78 Å².